The standard InChI is InChI=1S/C16H20ClN5O/c1-11-3-4-15(20-19-11)18-13-5-7-22(8-6-13)16(23)14-9-12(17)10-21(14)2/h3-4,9-10,13H,5-8H2,1-2H3,(H,18,20). The number of nitrogens with zero attached hydrogens (tertiary/aromatic N) is 4. The Kier molecular flexibility index (Phi) is 4.52. The van der Waals surface area contributed by atoms with E-state index >= 15 is 0 Å². The molecule has 3 heterocycles. The number of rotatable bonds is 3. The largest absolute Gasteiger partial charge is 0.366 e. The molecule has 1 saturated heterocycles. The van der Waals surface area contributed by atoms with E-state index in [0.29, 0.717) is 16.8 Å². The number of likely N-dealkylation sites (tertiary alicyclic amines) is 1. The van der Waals surface area contributed by atoms with Crippen LogP contribution in [-0.2, 0) is 7.05 Å². The number of halogens is 1. The Morgan fingerprint density at radius 2 is 2.04 bits per heavy atom. The molecule has 0 saturated carbocycles. The van der Waals surface area contributed by atoms with Gasteiger partial charge in [-0.2, -0.15) is 5.10 Å². The van der Waals surface area contributed by atoms with Gasteiger partial charge < -0.3 is 14.8 Å². The van der Waals surface area contributed by atoms with Crippen molar-refractivity contribution < 1.29 is 4.79 Å². The number of aryl methyl sites for hydroxylation is 2. The molecule has 7 heteroatoms. The summed E-state index contributed by atoms with van der Waals surface area (Å²) < 4.78 is 1.77. The summed E-state index contributed by atoms with van der Waals surface area (Å²) in [6.45, 7) is 3.36. The van der Waals surface area contributed by atoms with Crippen molar-refractivity contribution in [1.82, 2.24) is 19.7 Å². The highest BCUT2D eigenvalue weighted by atomic mass is 35.5. The first-order valence-electron chi connectivity index (χ1n) is 7.71. The number of carbonyl (C=O) groups is 1. The van der Waals surface area contributed by atoms with Gasteiger partial charge in [0.15, 0.2) is 0 Å². The summed E-state index contributed by atoms with van der Waals surface area (Å²) in [6.07, 6.45) is 3.53. The fourth-order valence-corrected chi connectivity index (χ4v) is 3.06. The summed E-state index contributed by atoms with van der Waals surface area (Å²) in [5.74, 6) is 0.822. The zero-order valence-corrected chi connectivity index (χ0v) is 14.0. The van der Waals surface area contributed by atoms with Crippen LogP contribution in [0, 0.1) is 6.92 Å². The van der Waals surface area contributed by atoms with E-state index in [0.717, 1.165) is 37.4 Å². The summed E-state index contributed by atoms with van der Waals surface area (Å²) in [7, 11) is 1.84. The topological polar surface area (TPSA) is 63.1 Å². The van der Waals surface area contributed by atoms with Gasteiger partial charge in [-0.3, -0.25) is 4.79 Å². The first kappa shape index (κ1) is 15.8. The number of hydrogen-bond donors (Lipinski definition) is 1. The Morgan fingerprint density at radius 3 is 2.61 bits per heavy atom. The van der Waals surface area contributed by atoms with Crippen LogP contribution in [0.2, 0.25) is 5.02 Å². The molecular formula is C16H20ClN5O. The molecule has 3 rings (SSSR count). The lowest BCUT2D eigenvalue weighted by atomic mass is 10.0. The number of carbonyl (C=O) groups excluding carboxylic acids is 1. The maximum Gasteiger partial charge on any atom is 0.270 e. The molecule has 0 aliphatic carbocycles. The van der Waals surface area contributed by atoms with Gasteiger partial charge in [-0.05, 0) is 38.0 Å². The third-order valence-electron chi connectivity index (χ3n) is 4.12. The lowest BCUT2D eigenvalue weighted by Gasteiger charge is -2.32. The molecule has 0 unspecified atom stereocenters. The molecule has 0 bridgehead atoms. The third-order valence-corrected chi connectivity index (χ3v) is 4.33. The van der Waals surface area contributed by atoms with E-state index < -0.39 is 0 Å². The second kappa shape index (κ2) is 6.58. The predicted octanol–water partition coefficient (Wildman–Crippen LogP) is 2.49. The van der Waals surface area contributed by atoms with Crippen LogP contribution < -0.4 is 5.32 Å². The number of nitrogens with one attached hydrogen (secondary N) is 1. The van der Waals surface area contributed by atoms with E-state index in [1.54, 1.807) is 16.8 Å². The van der Waals surface area contributed by atoms with E-state index in [2.05, 4.69) is 15.5 Å². The van der Waals surface area contributed by atoms with E-state index in [-0.39, 0.29) is 5.91 Å². The fraction of sp³-hybridized carbons (Fsp3) is 0.438. The van der Waals surface area contributed by atoms with Crippen molar-refractivity contribution in [3.8, 4) is 0 Å². The van der Waals surface area contributed by atoms with Crippen LogP contribution in [-0.4, -0.2) is 44.7 Å². The van der Waals surface area contributed by atoms with Gasteiger partial charge in [0.05, 0.1) is 10.7 Å². The summed E-state index contributed by atoms with van der Waals surface area (Å²) in [6, 6.07) is 5.91. The van der Waals surface area contributed by atoms with Crippen LogP contribution in [0.1, 0.15) is 29.0 Å². The second-order valence-corrected chi connectivity index (χ2v) is 6.36. The average molecular weight is 334 g/mol. The van der Waals surface area contributed by atoms with Gasteiger partial charge in [-0.15, -0.1) is 5.10 Å². The second-order valence-electron chi connectivity index (χ2n) is 5.93. The summed E-state index contributed by atoms with van der Waals surface area (Å²) in [5.41, 5.74) is 1.53. The van der Waals surface area contributed by atoms with Gasteiger partial charge >= 0.3 is 0 Å². The van der Waals surface area contributed by atoms with Crippen LogP contribution in [0.25, 0.3) is 0 Å². The van der Waals surface area contributed by atoms with Gasteiger partial charge in [-0.1, -0.05) is 11.6 Å². The van der Waals surface area contributed by atoms with Crippen LogP contribution in [0.5, 0.6) is 0 Å². The monoisotopic (exact) mass is 333 g/mol. The van der Waals surface area contributed by atoms with E-state index in [9.17, 15) is 4.79 Å². The van der Waals surface area contributed by atoms with Crippen molar-refractivity contribution in [1.29, 1.82) is 0 Å². The highest BCUT2D eigenvalue weighted by Crippen LogP contribution is 2.19. The molecule has 122 valence electrons. The Morgan fingerprint density at radius 1 is 1.30 bits per heavy atom. The molecule has 1 N–H and O–H groups in total. The molecular weight excluding hydrogens is 314 g/mol. The number of anilines is 1. The number of aromatic nitrogens is 3. The van der Waals surface area contributed by atoms with Crippen molar-refractivity contribution >= 4 is 23.3 Å². The van der Waals surface area contributed by atoms with Gasteiger partial charge in [0.1, 0.15) is 11.5 Å². The zero-order valence-electron chi connectivity index (χ0n) is 13.3. The minimum Gasteiger partial charge on any atom is -0.366 e. The maximum absolute atomic E-state index is 12.5. The molecule has 1 amide bonds. The third kappa shape index (κ3) is 3.64. The Balaban J connectivity index is 1.57. The van der Waals surface area contributed by atoms with Crippen LogP contribution in [0.15, 0.2) is 24.4 Å². The van der Waals surface area contributed by atoms with Crippen molar-refractivity contribution in [3.63, 3.8) is 0 Å². The quantitative estimate of drug-likeness (QED) is 0.937. The molecule has 23 heavy (non-hydrogen) atoms. The van der Waals surface area contributed by atoms with Crippen LogP contribution >= 0.6 is 11.6 Å². The lowest BCUT2D eigenvalue weighted by molar-refractivity contribution is 0.0709. The predicted molar refractivity (Wildman–Crippen MR) is 89.7 cm³/mol. The molecule has 2 aromatic rings. The molecule has 0 atom stereocenters. The zero-order chi connectivity index (χ0) is 16.4. The number of hydrogen-bond acceptors (Lipinski definition) is 4. The number of piperidine rings is 1. The van der Waals surface area contributed by atoms with E-state index in [1.807, 2.05) is 31.0 Å². The van der Waals surface area contributed by atoms with Crippen molar-refractivity contribution in [2.24, 2.45) is 7.05 Å². The highest BCUT2D eigenvalue weighted by molar-refractivity contribution is 6.31. The summed E-state index contributed by atoms with van der Waals surface area (Å²) in [4.78, 5) is 14.4. The highest BCUT2D eigenvalue weighted by Gasteiger charge is 2.25. The minimum absolute atomic E-state index is 0.0352. The SMILES string of the molecule is Cc1ccc(NC2CCN(C(=O)c3cc(Cl)cn3C)CC2)nn1. The van der Waals surface area contributed by atoms with Gasteiger partial charge in [0, 0.05) is 32.4 Å². The van der Waals surface area contributed by atoms with Crippen molar-refractivity contribution in [2.75, 3.05) is 18.4 Å². The molecule has 1 aliphatic rings. The van der Waals surface area contributed by atoms with Gasteiger partial charge in [0.25, 0.3) is 5.91 Å². The average Bonchev–Trinajstić information content (AvgIpc) is 2.88. The molecule has 1 fully saturated rings. The molecule has 6 nitrogen and oxygen atoms in total. The van der Waals surface area contributed by atoms with Crippen LogP contribution in [0.4, 0.5) is 5.82 Å². The Hall–Kier alpha value is -2.08. The van der Waals surface area contributed by atoms with Crippen LogP contribution in [0.3, 0.4) is 0 Å². The van der Waals surface area contributed by atoms with Crippen molar-refractivity contribution in [2.45, 2.75) is 25.8 Å². The van der Waals surface area contributed by atoms with Crippen molar-refractivity contribution in [3.05, 3.63) is 40.8 Å². The molecule has 0 aromatic carbocycles. The van der Waals surface area contributed by atoms with Gasteiger partial charge in [0.2, 0.25) is 0 Å². The smallest absolute Gasteiger partial charge is 0.270 e. The molecule has 0 spiro atoms. The Bertz CT molecular complexity index is 689. The fourth-order valence-electron chi connectivity index (χ4n) is 2.81. The van der Waals surface area contributed by atoms with Gasteiger partial charge in [-0.25, -0.2) is 0 Å². The molecule has 0 radical (unpaired) electrons. The minimum atomic E-state index is 0.0352. The first-order valence-corrected chi connectivity index (χ1v) is 8.09. The first-order chi connectivity index (χ1) is 11.0. The normalized spacial score (nSPS) is 15.7. The summed E-state index contributed by atoms with van der Waals surface area (Å²) >= 11 is 5.96. The maximum atomic E-state index is 12.5. The Labute approximate surface area is 140 Å². The lowest BCUT2D eigenvalue weighted by Crippen LogP contribution is -2.43. The van der Waals surface area contributed by atoms with E-state index in [1.165, 1.54) is 0 Å². The van der Waals surface area contributed by atoms with E-state index in [4.69, 9.17) is 11.6 Å². The molecule has 2 aromatic heterocycles. The number of amides is 1. The summed E-state index contributed by atoms with van der Waals surface area (Å²) in [5, 5.41) is 12.1. The molecule has 1 aliphatic heterocycles.